The van der Waals surface area contributed by atoms with Gasteiger partial charge in [-0.15, -0.1) is 0 Å². The van der Waals surface area contributed by atoms with Gasteiger partial charge in [0.05, 0.1) is 6.61 Å². The van der Waals surface area contributed by atoms with Crippen molar-refractivity contribution < 1.29 is 9.90 Å². The van der Waals surface area contributed by atoms with E-state index in [1.54, 1.807) is 11.9 Å². The van der Waals surface area contributed by atoms with Crippen molar-refractivity contribution in [3.63, 3.8) is 0 Å². The number of rotatable bonds is 4. The third-order valence-corrected chi connectivity index (χ3v) is 3.52. The number of carbonyl (C=O) groups is 1. The number of hydrogen-bond donors (Lipinski definition) is 1. The number of aliphatic hydroxyl groups excluding tert-OH is 1. The van der Waals surface area contributed by atoms with Crippen molar-refractivity contribution >= 4 is 16.8 Å². The van der Waals surface area contributed by atoms with E-state index < -0.39 is 0 Å². The largest absolute Gasteiger partial charge is 0.395 e. The van der Waals surface area contributed by atoms with Gasteiger partial charge in [-0.05, 0) is 25.5 Å². The number of nitrogens with zero attached hydrogens (tertiary/aromatic N) is 2. The third kappa shape index (κ3) is 2.24. The zero-order valence-electron chi connectivity index (χ0n) is 11.7. The lowest BCUT2D eigenvalue weighted by molar-refractivity contribution is 0.0756. The van der Waals surface area contributed by atoms with Gasteiger partial charge in [-0.2, -0.15) is 0 Å². The molecule has 0 saturated carbocycles. The maximum Gasteiger partial charge on any atom is 0.270 e. The van der Waals surface area contributed by atoms with E-state index in [1.807, 2.05) is 42.7 Å². The molecule has 0 aliphatic rings. The molecule has 0 aliphatic heterocycles. The molecule has 4 heteroatoms. The molecule has 0 saturated heterocycles. The Morgan fingerprint density at radius 1 is 1.37 bits per heavy atom. The second kappa shape index (κ2) is 5.45. The number of benzene rings is 1. The minimum atomic E-state index is -0.0374. The lowest BCUT2D eigenvalue weighted by atomic mass is 10.1. The van der Waals surface area contributed by atoms with E-state index >= 15 is 0 Å². The van der Waals surface area contributed by atoms with Crippen LogP contribution in [0.1, 0.15) is 23.0 Å². The molecular weight excluding hydrogens is 240 g/mol. The van der Waals surface area contributed by atoms with Crippen molar-refractivity contribution in [1.29, 1.82) is 0 Å². The number of hydrogen-bond acceptors (Lipinski definition) is 2. The minimum absolute atomic E-state index is 0.0202. The van der Waals surface area contributed by atoms with Crippen molar-refractivity contribution in [3.8, 4) is 0 Å². The molecule has 0 bridgehead atoms. The summed E-state index contributed by atoms with van der Waals surface area (Å²) in [5, 5.41) is 10.1. The first-order valence-electron chi connectivity index (χ1n) is 6.56. The van der Waals surface area contributed by atoms with Crippen LogP contribution in [0.3, 0.4) is 0 Å². The Labute approximate surface area is 113 Å². The Bertz CT molecular complexity index is 601. The average molecular weight is 260 g/mol. The SMILES string of the molecule is CCn1c(C(=O)N(C)CCO)c(C)c2ccccc21. The predicted octanol–water partition coefficient (Wildman–Crippen LogP) is 2.03. The van der Waals surface area contributed by atoms with Crippen LogP contribution in [0.15, 0.2) is 24.3 Å². The molecule has 102 valence electrons. The van der Waals surface area contributed by atoms with Gasteiger partial charge in [-0.1, -0.05) is 18.2 Å². The first kappa shape index (κ1) is 13.6. The van der Waals surface area contributed by atoms with Gasteiger partial charge in [-0.3, -0.25) is 4.79 Å². The highest BCUT2D eigenvalue weighted by Gasteiger charge is 2.21. The third-order valence-electron chi connectivity index (χ3n) is 3.52. The quantitative estimate of drug-likeness (QED) is 0.914. The van der Waals surface area contributed by atoms with E-state index in [-0.39, 0.29) is 12.5 Å². The smallest absolute Gasteiger partial charge is 0.270 e. The molecule has 0 unspecified atom stereocenters. The number of para-hydroxylation sites is 1. The molecule has 4 nitrogen and oxygen atoms in total. The highest BCUT2D eigenvalue weighted by Crippen LogP contribution is 2.26. The van der Waals surface area contributed by atoms with Crippen LogP contribution in [0.2, 0.25) is 0 Å². The fraction of sp³-hybridized carbons (Fsp3) is 0.400. The van der Waals surface area contributed by atoms with Crippen molar-refractivity contribution in [3.05, 3.63) is 35.5 Å². The lowest BCUT2D eigenvalue weighted by Gasteiger charge is -2.17. The van der Waals surface area contributed by atoms with Gasteiger partial charge in [0.25, 0.3) is 5.91 Å². The molecule has 1 heterocycles. The van der Waals surface area contributed by atoms with E-state index in [2.05, 4.69) is 0 Å². The van der Waals surface area contributed by atoms with E-state index in [4.69, 9.17) is 5.11 Å². The first-order chi connectivity index (χ1) is 9.11. The first-order valence-corrected chi connectivity index (χ1v) is 6.56. The number of aliphatic hydroxyl groups is 1. The molecule has 1 aromatic carbocycles. The number of likely N-dealkylation sites (N-methyl/N-ethyl adjacent to an activating group) is 1. The Morgan fingerprint density at radius 3 is 2.68 bits per heavy atom. The maximum absolute atomic E-state index is 12.5. The lowest BCUT2D eigenvalue weighted by Crippen LogP contribution is -2.31. The molecule has 0 fully saturated rings. The molecular formula is C15H20N2O2. The van der Waals surface area contributed by atoms with Gasteiger partial charge in [-0.25, -0.2) is 0 Å². The predicted molar refractivity (Wildman–Crippen MR) is 76.4 cm³/mol. The van der Waals surface area contributed by atoms with E-state index in [0.29, 0.717) is 6.54 Å². The minimum Gasteiger partial charge on any atom is -0.395 e. The topological polar surface area (TPSA) is 45.5 Å². The summed E-state index contributed by atoms with van der Waals surface area (Å²) >= 11 is 0. The highest BCUT2D eigenvalue weighted by molar-refractivity contribution is 6.01. The van der Waals surface area contributed by atoms with Crippen LogP contribution < -0.4 is 0 Å². The van der Waals surface area contributed by atoms with Crippen LogP contribution in [0.5, 0.6) is 0 Å². The summed E-state index contributed by atoms with van der Waals surface area (Å²) in [6, 6.07) is 8.05. The molecule has 0 aliphatic carbocycles. The highest BCUT2D eigenvalue weighted by atomic mass is 16.3. The molecule has 2 rings (SSSR count). The zero-order chi connectivity index (χ0) is 14.0. The van der Waals surface area contributed by atoms with Crippen LogP contribution in [0, 0.1) is 6.92 Å². The molecule has 1 amide bonds. The van der Waals surface area contributed by atoms with Gasteiger partial charge >= 0.3 is 0 Å². The van der Waals surface area contributed by atoms with Crippen molar-refractivity contribution in [1.82, 2.24) is 9.47 Å². The van der Waals surface area contributed by atoms with Crippen LogP contribution >= 0.6 is 0 Å². The molecule has 0 radical (unpaired) electrons. The van der Waals surface area contributed by atoms with Crippen LogP contribution in [0.4, 0.5) is 0 Å². The zero-order valence-corrected chi connectivity index (χ0v) is 11.7. The van der Waals surface area contributed by atoms with Gasteiger partial charge in [0.2, 0.25) is 0 Å². The van der Waals surface area contributed by atoms with E-state index in [0.717, 1.165) is 28.7 Å². The fourth-order valence-electron chi connectivity index (χ4n) is 2.51. The second-order valence-corrected chi connectivity index (χ2v) is 4.69. The maximum atomic E-state index is 12.5. The summed E-state index contributed by atoms with van der Waals surface area (Å²) in [6.07, 6.45) is 0. The number of aromatic nitrogens is 1. The van der Waals surface area contributed by atoms with E-state index in [9.17, 15) is 4.79 Å². The number of carbonyl (C=O) groups excluding carboxylic acids is 1. The van der Waals surface area contributed by atoms with Crippen LogP contribution in [-0.2, 0) is 6.54 Å². The molecule has 0 atom stereocenters. The Hall–Kier alpha value is -1.81. The molecule has 1 aromatic heterocycles. The number of aryl methyl sites for hydroxylation is 2. The second-order valence-electron chi connectivity index (χ2n) is 4.69. The number of amides is 1. The number of fused-ring (bicyclic) bond motifs is 1. The van der Waals surface area contributed by atoms with Gasteiger partial charge in [0, 0.05) is 31.0 Å². The summed E-state index contributed by atoms with van der Waals surface area (Å²) in [4.78, 5) is 14.1. The van der Waals surface area contributed by atoms with E-state index in [1.165, 1.54) is 0 Å². The summed E-state index contributed by atoms with van der Waals surface area (Å²) in [7, 11) is 1.72. The summed E-state index contributed by atoms with van der Waals surface area (Å²) in [5.41, 5.74) is 2.81. The molecule has 0 spiro atoms. The molecule has 19 heavy (non-hydrogen) atoms. The molecule has 2 aromatic rings. The van der Waals surface area contributed by atoms with Crippen LogP contribution in [-0.4, -0.2) is 40.7 Å². The fourth-order valence-corrected chi connectivity index (χ4v) is 2.51. The Morgan fingerprint density at radius 2 is 2.05 bits per heavy atom. The van der Waals surface area contributed by atoms with Crippen molar-refractivity contribution in [2.24, 2.45) is 0 Å². The average Bonchev–Trinajstić information content (AvgIpc) is 2.71. The summed E-state index contributed by atoms with van der Waals surface area (Å²) < 4.78 is 2.04. The normalized spacial score (nSPS) is 10.9. The molecule has 1 N–H and O–H groups in total. The standard InChI is InChI=1S/C15H20N2O2/c1-4-17-13-8-6-5-7-12(13)11(2)14(17)15(19)16(3)9-10-18/h5-8,18H,4,9-10H2,1-3H3. The Kier molecular flexibility index (Phi) is 3.90. The van der Waals surface area contributed by atoms with Gasteiger partial charge < -0.3 is 14.6 Å². The Balaban J connectivity index is 2.59. The van der Waals surface area contributed by atoms with Gasteiger partial charge in [0.15, 0.2) is 0 Å². The summed E-state index contributed by atoms with van der Waals surface area (Å²) in [6.45, 7) is 5.10. The van der Waals surface area contributed by atoms with Crippen LogP contribution in [0.25, 0.3) is 10.9 Å². The summed E-state index contributed by atoms with van der Waals surface area (Å²) in [5.74, 6) is -0.0374. The van der Waals surface area contributed by atoms with Gasteiger partial charge in [0.1, 0.15) is 5.69 Å². The monoisotopic (exact) mass is 260 g/mol. The van der Waals surface area contributed by atoms with Crippen molar-refractivity contribution in [2.75, 3.05) is 20.2 Å². The van der Waals surface area contributed by atoms with Crippen molar-refractivity contribution in [2.45, 2.75) is 20.4 Å².